The van der Waals surface area contributed by atoms with Gasteiger partial charge in [0.25, 0.3) is 0 Å². The summed E-state index contributed by atoms with van der Waals surface area (Å²) in [4.78, 5) is 0. The molecule has 0 saturated heterocycles. The minimum Gasteiger partial charge on any atom is -0.126 e. The monoisotopic (exact) mass is 197 g/mol. The molecule has 3 heteroatoms. The molecule has 0 spiro atoms. The summed E-state index contributed by atoms with van der Waals surface area (Å²) in [6.45, 7) is 6.28. The van der Waals surface area contributed by atoms with E-state index >= 15 is 0 Å². The Kier molecular flexibility index (Phi) is 5.49. The van der Waals surface area contributed by atoms with Crippen LogP contribution in [0.2, 0.25) is 0 Å². The minimum atomic E-state index is -0.0850. The van der Waals surface area contributed by atoms with Gasteiger partial charge < -0.3 is 0 Å². The maximum Gasteiger partial charge on any atom is 0.0470 e. The van der Waals surface area contributed by atoms with Gasteiger partial charge in [-0.15, -0.1) is 3.94 Å². The molecule has 68 valence electrons. The van der Waals surface area contributed by atoms with E-state index in [1.807, 2.05) is 13.8 Å². The molecule has 0 aromatic heterocycles. The highest BCUT2D eigenvalue weighted by Crippen LogP contribution is 2.25. The number of nitrogens with zero attached hydrogens (tertiary/aromatic N) is 1. The van der Waals surface area contributed by atoms with E-state index in [2.05, 4.69) is 6.92 Å². The summed E-state index contributed by atoms with van der Waals surface area (Å²) >= 11 is 11.3. The first-order valence-corrected chi connectivity index (χ1v) is 4.80. The molecule has 0 bridgehead atoms. The van der Waals surface area contributed by atoms with Gasteiger partial charge in [0.15, 0.2) is 0 Å². The van der Waals surface area contributed by atoms with Crippen molar-refractivity contribution in [2.75, 3.05) is 0 Å². The molecular formula is C8H17Cl2N. The van der Waals surface area contributed by atoms with Gasteiger partial charge in [0.2, 0.25) is 0 Å². The Morgan fingerprint density at radius 1 is 1.18 bits per heavy atom. The molecule has 0 aliphatic rings. The molecule has 0 radical (unpaired) electrons. The second kappa shape index (κ2) is 5.23. The molecule has 11 heavy (non-hydrogen) atoms. The van der Waals surface area contributed by atoms with Crippen molar-refractivity contribution in [2.24, 2.45) is 0 Å². The smallest absolute Gasteiger partial charge is 0.0470 e. The SMILES string of the molecule is CCCCCC(C)(C)N(Cl)Cl. The van der Waals surface area contributed by atoms with Crippen molar-refractivity contribution in [3.63, 3.8) is 0 Å². The Morgan fingerprint density at radius 2 is 1.73 bits per heavy atom. The molecule has 0 atom stereocenters. The molecule has 0 amide bonds. The van der Waals surface area contributed by atoms with Crippen LogP contribution in [0.15, 0.2) is 0 Å². The molecule has 0 N–H and O–H groups in total. The third kappa shape index (κ3) is 4.89. The Bertz CT molecular complexity index is 102. The van der Waals surface area contributed by atoms with Gasteiger partial charge in [-0.3, -0.25) is 0 Å². The van der Waals surface area contributed by atoms with Crippen LogP contribution in [-0.2, 0) is 0 Å². The van der Waals surface area contributed by atoms with Gasteiger partial charge in [-0.1, -0.05) is 26.2 Å². The van der Waals surface area contributed by atoms with E-state index < -0.39 is 0 Å². The normalized spacial score (nSPS) is 12.5. The fourth-order valence-electron chi connectivity index (χ4n) is 0.892. The zero-order valence-corrected chi connectivity index (χ0v) is 9.04. The molecule has 0 aliphatic carbocycles. The number of halogens is 2. The van der Waals surface area contributed by atoms with Crippen LogP contribution in [0.25, 0.3) is 0 Å². The van der Waals surface area contributed by atoms with Crippen LogP contribution in [0.3, 0.4) is 0 Å². The maximum atomic E-state index is 5.65. The molecule has 0 fully saturated rings. The zero-order chi connectivity index (χ0) is 8.91. The zero-order valence-electron chi connectivity index (χ0n) is 7.53. The minimum absolute atomic E-state index is 0.0850. The predicted molar refractivity (Wildman–Crippen MR) is 51.8 cm³/mol. The van der Waals surface area contributed by atoms with Crippen molar-refractivity contribution in [3.8, 4) is 0 Å². The largest absolute Gasteiger partial charge is 0.126 e. The summed E-state index contributed by atoms with van der Waals surface area (Å²) < 4.78 is 1.25. The van der Waals surface area contributed by atoms with Crippen molar-refractivity contribution in [1.82, 2.24) is 3.94 Å². The topological polar surface area (TPSA) is 3.24 Å². The summed E-state index contributed by atoms with van der Waals surface area (Å²) in [6, 6.07) is 0. The maximum absolute atomic E-state index is 5.65. The van der Waals surface area contributed by atoms with E-state index in [1.165, 1.54) is 23.2 Å². The summed E-state index contributed by atoms with van der Waals surface area (Å²) in [7, 11) is 0. The average molecular weight is 198 g/mol. The number of hydrogen-bond acceptors (Lipinski definition) is 1. The van der Waals surface area contributed by atoms with Gasteiger partial charge in [0.1, 0.15) is 0 Å². The van der Waals surface area contributed by atoms with Crippen LogP contribution in [0, 0.1) is 0 Å². The molecule has 0 aromatic carbocycles. The first-order chi connectivity index (χ1) is 5.00. The van der Waals surface area contributed by atoms with Gasteiger partial charge in [-0.25, -0.2) is 0 Å². The molecule has 1 nitrogen and oxygen atoms in total. The van der Waals surface area contributed by atoms with E-state index in [1.54, 1.807) is 0 Å². The highest BCUT2D eigenvalue weighted by Gasteiger charge is 2.23. The van der Waals surface area contributed by atoms with Crippen molar-refractivity contribution in [3.05, 3.63) is 0 Å². The molecular weight excluding hydrogens is 181 g/mol. The quantitative estimate of drug-likeness (QED) is 0.477. The van der Waals surface area contributed by atoms with E-state index in [9.17, 15) is 0 Å². The Labute approximate surface area is 79.9 Å². The van der Waals surface area contributed by atoms with Crippen LogP contribution in [-0.4, -0.2) is 9.48 Å². The molecule has 0 aromatic rings. The van der Waals surface area contributed by atoms with Crippen LogP contribution in [0.1, 0.15) is 46.5 Å². The van der Waals surface area contributed by atoms with Gasteiger partial charge in [-0.2, -0.15) is 0 Å². The summed E-state index contributed by atoms with van der Waals surface area (Å²) in [5, 5.41) is 0. The summed E-state index contributed by atoms with van der Waals surface area (Å²) in [5.41, 5.74) is -0.0850. The molecule has 0 heterocycles. The first-order valence-electron chi connectivity index (χ1n) is 4.12. The highest BCUT2D eigenvalue weighted by atomic mass is 35.5. The number of hydrogen-bond donors (Lipinski definition) is 0. The molecule has 0 rings (SSSR count). The van der Waals surface area contributed by atoms with Crippen LogP contribution < -0.4 is 0 Å². The van der Waals surface area contributed by atoms with E-state index in [-0.39, 0.29) is 5.54 Å². The van der Waals surface area contributed by atoms with Crippen molar-refractivity contribution in [2.45, 2.75) is 52.0 Å². The number of rotatable bonds is 5. The van der Waals surface area contributed by atoms with Gasteiger partial charge in [0, 0.05) is 5.54 Å². The molecule has 0 saturated carbocycles. The van der Waals surface area contributed by atoms with Crippen molar-refractivity contribution >= 4 is 23.6 Å². The first kappa shape index (κ1) is 11.5. The molecule has 0 aliphatic heterocycles. The van der Waals surface area contributed by atoms with Gasteiger partial charge >= 0.3 is 0 Å². The third-order valence-electron chi connectivity index (χ3n) is 1.85. The van der Waals surface area contributed by atoms with Crippen LogP contribution in [0.5, 0.6) is 0 Å². The fraction of sp³-hybridized carbons (Fsp3) is 1.00. The lowest BCUT2D eigenvalue weighted by Gasteiger charge is -2.27. The summed E-state index contributed by atoms with van der Waals surface area (Å²) in [5.74, 6) is 0. The third-order valence-corrected chi connectivity index (χ3v) is 2.76. The fourth-order valence-corrected chi connectivity index (χ4v) is 1.06. The Hall–Kier alpha value is 0.540. The Morgan fingerprint density at radius 3 is 2.09 bits per heavy atom. The van der Waals surface area contributed by atoms with E-state index in [0.29, 0.717) is 0 Å². The molecule has 0 unspecified atom stereocenters. The lowest BCUT2D eigenvalue weighted by molar-refractivity contribution is 0.315. The van der Waals surface area contributed by atoms with E-state index in [0.717, 1.165) is 6.42 Å². The van der Waals surface area contributed by atoms with Crippen molar-refractivity contribution < 1.29 is 0 Å². The lowest BCUT2D eigenvalue weighted by Crippen LogP contribution is -2.30. The lowest BCUT2D eigenvalue weighted by atomic mass is 9.98. The van der Waals surface area contributed by atoms with Gasteiger partial charge in [0.05, 0.1) is 0 Å². The van der Waals surface area contributed by atoms with Crippen LogP contribution >= 0.6 is 23.6 Å². The second-order valence-corrected chi connectivity index (χ2v) is 4.35. The number of unbranched alkanes of at least 4 members (excludes halogenated alkanes) is 2. The predicted octanol–water partition coefficient (Wildman–Crippen LogP) is 3.95. The Balaban J connectivity index is 3.55. The standard InChI is InChI=1S/C8H17Cl2N/c1-4-5-6-7-8(2,3)11(9)10/h4-7H2,1-3H3. The average Bonchev–Trinajstić information content (AvgIpc) is 1.88. The second-order valence-electron chi connectivity index (χ2n) is 3.50. The highest BCUT2D eigenvalue weighted by molar-refractivity contribution is 6.34. The van der Waals surface area contributed by atoms with E-state index in [4.69, 9.17) is 23.6 Å². The van der Waals surface area contributed by atoms with Crippen LogP contribution in [0.4, 0.5) is 0 Å². The summed E-state index contributed by atoms with van der Waals surface area (Å²) in [6.07, 6.45) is 4.74. The van der Waals surface area contributed by atoms with Crippen molar-refractivity contribution in [1.29, 1.82) is 0 Å². The van der Waals surface area contributed by atoms with Gasteiger partial charge in [-0.05, 0) is 43.8 Å².